The Kier molecular flexibility index (Phi) is 5.45. The molecule has 3 aromatic rings. The van der Waals surface area contributed by atoms with Gasteiger partial charge in [-0.25, -0.2) is 0 Å². The number of thiophene rings is 1. The summed E-state index contributed by atoms with van der Waals surface area (Å²) in [5.74, 6) is 0.0780. The largest absolute Gasteiger partial charge is 0.288 e. The molecule has 0 spiro atoms. The Bertz CT molecular complexity index is 948. The lowest BCUT2D eigenvalue weighted by Gasteiger charge is -2.21. The quantitative estimate of drug-likeness (QED) is 0.438. The van der Waals surface area contributed by atoms with Gasteiger partial charge >= 0.3 is 0 Å². The van der Waals surface area contributed by atoms with Crippen LogP contribution >= 0.6 is 22.9 Å². The zero-order chi connectivity index (χ0) is 18.7. The molecule has 0 bridgehead atoms. The van der Waals surface area contributed by atoms with E-state index in [4.69, 9.17) is 11.6 Å². The van der Waals surface area contributed by atoms with Crippen molar-refractivity contribution < 1.29 is 4.79 Å². The van der Waals surface area contributed by atoms with Crippen molar-refractivity contribution in [1.82, 2.24) is 0 Å². The predicted octanol–water partition coefficient (Wildman–Crippen LogP) is 6.93. The van der Waals surface area contributed by atoms with Crippen LogP contribution in [-0.2, 0) is 5.41 Å². The molecule has 0 N–H and O–H groups in total. The van der Waals surface area contributed by atoms with Crippen molar-refractivity contribution in [2.75, 3.05) is 0 Å². The van der Waals surface area contributed by atoms with E-state index >= 15 is 0 Å². The maximum atomic E-state index is 13.0. The molecule has 0 fully saturated rings. The Hall–Kier alpha value is -2.16. The van der Waals surface area contributed by atoms with E-state index in [0.29, 0.717) is 0 Å². The SMILES string of the molecule is Cc1ccc(C(=O)c2sccc2C(C)(C)/C=C/c2ccccc2Cl)cc1. The van der Waals surface area contributed by atoms with Crippen molar-refractivity contribution in [2.24, 2.45) is 0 Å². The molecule has 0 amide bonds. The van der Waals surface area contributed by atoms with Gasteiger partial charge in [0.1, 0.15) is 0 Å². The second kappa shape index (κ2) is 7.61. The van der Waals surface area contributed by atoms with Crippen LogP contribution in [0.2, 0.25) is 5.02 Å². The van der Waals surface area contributed by atoms with E-state index in [2.05, 4.69) is 19.9 Å². The van der Waals surface area contributed by atoms with Crippen molar-refractivity contribution in [3.63, 3.8) is 0 Å². The minimum absolute atomic E-state index is 0.0780. The van der Waals surface area contributed by atoms with Gasteiger partial charge < -0.3 is 0 Å². The minimum Gasteiger partial charge on any atom is -0.288 e. The molecule has 2 aromatic carbocycles. The Morgan fingerprint density at radius 2 is 1.73 bits per heavy atom. The third kappa shape index (κ3) is 3.98. The Morgan fingerprint density at radius 1 is 1.04 bits per heavy atom. The van der Waals surface area contributed by atoms with E-state index in [1.54, 1.807) is 0 Å². The number of rotatable bonds is 5. The van der Waals surface area contributed by atoms with E-state index in [9.17, 15) is 4.79 Å². The summed E-state index contributed by atoms with van der Waals surface area (Å²) in [6.45, 7) is 6.26. The van der Waals surface area contributed by atoms with Crippen LogP contribution in [-0.4, -0.2) is 5.78 Å². The topological polar surface area (TPSA) is 17.1 Å². The molecule has 0 saturated heterocycles. The Labute approximate surface area is 164 Å². The first-order chi connectivity index (χ1) is 12.4. The van der Waals surface area contributed by atoms with E-state index < -0.39 is 0 Å². The van der Waals surface area contributed by atoms with Crippen molar-refractivity contribution in [3.05, 3.63) is 98.2 Å². The van der Waals surface area contributed by atoms with Crippen molar-refractivity contribution in [1.29, 1.82) is 0 Å². The van der Waals surface area contributed by atoms with Crippen LogP contribution < -0.4 is 0 Å². The van der Waals surface area contributed by atoms with Crippen LogP contribution in [0.3, 0.4) is 0 Å². The Balaban J connectivity index is 1.92. The maximum Gasteiger partial charge on any atom is 0.203 e. The van der Waals surface area contributed by atoms with Crippen LogP contribution in [0, 0.1) is 6.92 Å². The van der Waals surface area contributed by atoms with Gasteiger partial charge in [0, 0.05) is 16.0 Å². The van der Waals surface area contributed by atoms with Gasteiger partial charge in [-0.05, 0) is 35.6 Å². The number of ketones is 1. The van der Waals surface area contributed by atoms with Crippen molar-refractivity contribution in [3.8, 4) is 0 Å². The van der Waals surface area contributed by atoms with Gasteiger partial charge in [-0.15, -0.1) is 11.3 Å². The van der Waals surface area contributed by atoms with Crippen molar-refractivity contribution in [2.45, 2.75) is 26.2 Å². The molecule has 1 nitrogen and oxygen atoms in total. The predicted molar refractivity (Wildman–Crippen MR) is 112 cm³/mol. The smallest absolute Gasteiger partial charge is 0.203 e. The van der Waals surface area contributed by atoms with Gasteiger partial charge in [-0.2, -0.15) is 0 Å². The highest BCUT2D eigenvalue weighted by Crippen LogP contribution is 2.34. The number of carbonyl (C=O) groups is 1. The highest BCUT2D eigenvalue weighted by molar-refractivity contribution is 7.12. The number of halogens is 1. The average molecular weight is 381 g/mol. The maximum absolute atomic E-state index is 13.0. The van der Waals surface area contributed by atoms with Gasteiger partial charge in [0.25, 0.3) is 0 Å². The van der Waals surface area contributed by atoms with E-state index in [-0.39, 0.29) is 11.2 Å². The van der Waals surface area contributed by atoms with Crippen molar-refractivity contribution >= 4 is 34.8 Å². The van der Waals surface area contributed by atoms with Gasteiger partial charge in [0.15, 0.2) is 0 Å². The van der Waals surface area contributed by atoms with E-state index in [0.717, 1.165) is 32.2 Å². The lowest BCUT2D eigenvalue weighted by molar-refractivity contribution is 0.104. The molecule has 0 radical (unpaired) electrons. The molecule has 3 rings (SSSR count). The van der Waals surface area contributed by atoms with Gasteiger partial charge in [0.2, 0.25) is 5.78 Å². The third-order valence-corrected chi connectivity index (χ3v) is 5.72. The lowest BCUT2D eigenvalue weighted by Crippen LogP contribution is -2.16. The molecule has 132 valence electrons. The standard InChI is InChI=1S/C23H21ClOS/c1-16-8-10-18(11-9-16)21(25)22-19(13-15-26-22)23(2,3)14-12-17-6-4-5-7-20(17)24/h4-15H,1-3H3/b14-12+. The van der Waals surface area contributed by atoms with E-state index in [1.807, 2.05) is 73.0 Å². The molecule has 0 saturated carbocycles. The first-order valence-electron chi connectivity index (χ1n) is 8.51. The van der Waals surface area contributed by atoms with Crippen LogP contribution in [0.25, 0.3) is 6.08 Å². The highest BCUT2D eigenvalue weighted by Gasteiger charge is 2.25. The summed E-state index contributed by atoms with van der Waals surface area (Å²) in [7, 11) is 0. The summed E-state index contributed by atoms with van der Waals surface area (Å²) in [6.07, 6.45) is 4.14. The average Bonchev–Trinajstić information content (AvgIpc) is 3.12. The van der Waals surface area contributed by atoms with E-state index in [1.165, 1.54) is 11.3 Å². The van der Waals surface area contributed by atoms with Crippen LogP contribution in [0.15, 0.2) is 66.1 Å². The summed E-state index contributed by atoms with van der Waals surface area (Å²) in [6, 6.07) is 17.5. The number of carbonyl (C=O) groups excluding carboxylic acids is 1. The molecular formula is C23H21ClOS. The molecule has 1 aromatic heterocycles. The fourth-order valence-corrected chi connectivity index (χ4v) is 4.05. The normalized spacial score (nSPS) is 11.8. The van der Waals surface area contributed by atoms with Gasteiger partial charge in [-0.1, -0.05) is 85.6 Å². The minimum atomic E-state index is -0.283. The first-order valence-corrected chi connectivity index (χ1v) is 9.77. The summed E-state index contributed by atoms with van der Waals surface area (Å²) in [5, 5.41) is 2.71. The highest BCUT2D eigenvalue weighted by atomic mass is 35.5. The van der Waals surface area contributed by atoms with Gasteiger partial charge in [0.05, 0.1) is 4.88 Å². The van der Waals surface area contributed by atoms with Crippen LogP contribution in [0.1, 0.15) is 45.8 Å². The van der Waals surface area contributed by atoms with Crippen LogP contribution in [0.5, 0.6) is 0 Å². The molecule has 0 atom stereocenters. The molecule has 3 heteroatoms. The summed E-state index contributed by atoms with van der Waals surface area (Å²) in [4.78, 5) is 13.8. The number of benzene rings is 2. The molecule has 0 aliphatic rings. The molecule has 26 heavy (non-hydrogen) atoms. The summed E-state index contributed by atoms with van der Waals surface area (Å²) >= 11 is 7.75. The molecule has 0 unspecified atom stereocenters. The third-order valence-electron chi connectivity index (χ3n) is 4.46. The summed E-state index contributed by atoms with van der Waals surface area (Å²) in [5.41, 5.74) is 3.61. The summed E-state index contributed by atoms with van der Waals surface area (Å²) < 4.78 is 0. The number of aryl methyl sites for hydroxylation is 1. The molecule has 0 aliphatic heterocycles. The second-order valence-electron chi connectivity index (χ2n) is 6.94. The first kappa shape index (κ1) is 18.6. The fourth-order valence-electron chi connectivity index (χ4n) is 2.83. The lowest BCUT2D eigenvalue weighted by atomic mass is 9.83. The zero-order valence-electron chi connectivity index (χ0n) is 15.1. The monoisotopic (exact) mass is 380 g/mol. The number of hydrogen-bond acceptors (Lipinski definition) is 2. The van der Waals surface area contributed by atoms with Gasteiger partial charge in [-0.3, -0.25) is 4.79 Å². The molecular weight excluding hydrogens is 360 g/mol. The number of hydrogen-bond donors (Lipinski definition) is 0. The van der Waals surface area contributed by atoms with Crippen LogP contribution in [0.4, 0.5) is 0 Å². The Morgan fingerprint density at radius 3 is 2.42 bits per heavy atom. The second-order valence-corrected chi connectivity index (χ2v) is 8.26. The fraction of sp³-hybridized carbons (Fsp3) is 0.174. The number of allylic oxidation sites excluding steroid dienone is 1. The molecule has 1 heterocycles. The zero-order valence-corrected chi connectivity index (χ0v) is 16.7. The molecule has 0 aliphatic carbocycles.